The maximum Gasteiger partial charge on any atom is 0.0608 e. The third-order valence-electron chi connectivity index (χ3n) is 3.68. The summed E-state index contributed by atoms with van der Waals surface area (Å²) < 4.78 is 0. The molecular formula is C15H18N2S. The number of thiophene rings is 1. The molecule has 2 nitrogen and oxygen atoms in total. The van der Waals surface area contributed by atoms with E-state index in [1.807, 2.05) is 23.5 Å². The Balaban J connectivity index is 1.91. The molecule has 0 fully saturated rings. The van der Waals surface area contributed by atoms with E-state index in [2.05, 4.69) is 29.8 Å². The van der Waals surface area contributed by atoms with Crippen LogP contribution in [0.3, 0.4) is 0 Å². The van der Waals surface area contributed by atoms with E-state index >= 15 is 0 Å². The van der Waals surface area contributed by atoms with Crippen LogP contribution in [0.2, 0.25) is 0 Å². The molecule has 0 aliphatic heterocycles. The zero-order chi connectivity index (χ0) is 12.5. The number of nitrogens with one attached hydrogen (secondary N) is 1. The lowest BCUT2D eigenvalue weighted by Gasteiger charge is -2.26. The minimum absolute atomic E-state index is 0.420. The van der Waals surface area contributed by atoms with E-state index in [1.54, 1.807) is 0 Å². The smallest absolute Gasteiger partial charge is 0.0608 e. The summed E-state index contributed by atoms with van der Waals surface area (Å²) in [5.74, 6) is 0. The maximum absolute atomic E-state index is 6.07. The summed E-state index contributed by atoms with van der Waals surface area (Å²) in [6.07, 6.45) is 3.68. The average Bonchev–Trinajstić information content (AvgIpc) is 2.83. The Bertz CT molecular complexity index is 539. The molecule has 94 valence electrons. The standard InChI is InChI=1S/C15H18N2S/c1-10-4-2-5-12(16)15(10)17-13-6-3-7-14-11(13)8-9-18-14/h2,4-5,8-9,13,17H,3,6-7,16H2,1H3. The van der Waals surface area contributed by atoms with Crippen molar-refractivity contribution >= 4 is 22.7 Å². The Kier molecular flexibility index (Phi) is 3.00. The maximum atomic E-state index is 6.07. The number of fused-ring (bicyclic) bond motifs is 1. The monoisotopic (exact) mass is 258 g/mol. The van der Waals surface area contributed by atoms with Gasteiger partial charge < -0.3 is 11.1 Å². The van der Waals surface area contributed by atoms with Crippen molar-refractivity contribution in [3.8, 4) is 0 Å². The molecule has 0 bridgehead atoms. The quantitative estimate of drug-likeness (QED) is 0.795. The second kappa shape index (κ2) is 4.65. The fraction of sp³-hybridized carbons (Fsp3) is 0.333. The Labute approximate surface area is 112 Å². The zero-order valence-corrected chi connectivity index (χ0v) is 11.4. The van der Waals surface area contributed by atoms with Gasteiger partial charge in [-0.25, -0.2) is 0 Å². The lowest BCUT2D eigenvalue weighted by molar-refractivity contribution is 0.609. The summed E-state index contributed by atoms with van der Waals surface area (Å²) in [6.45, 7) is 2.11. The van der Waals surface area contributed by atoms with E-state index in [4.69, 9.17) is 5.73 Å². The molecule has 3 heteroatoms. The topological polar surface area (TPSA) is 38.0 Å². The van der Waals surface area contributed by atoms with E-state index < -0.39 is 0 Å². The van der Waals surface area contributed by atoms with Crippen LogP contribution in [-0.2, 0) is 6.42 Å². The molecule has 2 aromatic rings. The molecule has 1 aliphatic carbocycles. The molecule has 18 heavy (non-hydrogen) atoms. The van der Waals surface area contributed by atoms with Gasteiger partial charge in [0.15, 0.2) is 0 Å². The second-order valence-corrected chi connectivity index (χ2v) is 5.93. The molecule has 0 spiro atoms. The Morgan fingerprint density at radius 3 is 3.06 bits per heavy atom. The van der Waals surface area contributed by atoms with Gasteiger partial charge in [0, 0.05) is 4.88 Å². The van der Waals surface area contributed by atoms with Gasteiger partial charge in [0.05, 0.1) is 17.4 Å². The summed E-state index contributed by atoms with van der Waals surface area (Å²) in [7, 11) is 0. The number of para-hydroxylation sites is 1. The van der Waals surface area contributed by atoms with Crippen molar-refractivity contribution in [3.63, 3.8) is 0 Å². The van der Waals surface area contributed by atoms with Crippen LogP contribution in [0.5, 0.6) is 0 Å². The second-order valence-electron chi connectivity index (χ2n) is 4.93. The van der Waals surface area contributed by atoms with Gasteiger partial charge in [-0.3, -0.25) is 0 Å². The van der Waals surface area contributed by atoms with Crippen molar-refractivity contribution in [1.29, 1.82) is 0 Å². The molecule has 0 saturated carbocycles. The molecule has 1 atom stereocenters. The number of aryl methyl sites for hydroxylation is 2. The predicted molar refractivity (Wildman–Crippen MR) is 79.2 cm³/mol. The molecular weight excluding hydrogens is 240 g/mol. The van der Waals surface area contributed by atoms with Gasteiger partial charge in [-0.15, -0.1) is 11.3 Å². The van der Waals surface area contributed by atoms with Gasteiger partial charge in [-0.2, -0.15) is 0 Å². The highest BCUT2D eigenvalue weighted by Gasteiger charge is 2.21. The zero-order valence-electron chi connectivity index (χ0n) is 10.6. The van der Waals surface area contributed by atoms with E-state index in [1.165, 1.54) is 35.3 Å². The summed E-state index contributed by atoms with van der Waals surface area (Å²) >= 11 is 1.88. The normalized spacial score (nSPS) is 18.4. The number of hydrogen-bond donors (Lipinski definition) is 2. The van der Waals surface area contributed by atoms with Crippen molar-refractivity contribution in [2.24, 2.45) is 0 Å². The van der Waals surface area contributed by atoms with E-state index in [-0.39, 0.29) is 0 Å². The molecule has 0 radical (unpaired) electrons. The molecule has 0 amide bonds. The van der Waals surface area contributed by atoms with Crippen LogP contribution in [0.4, 0.5) is 11.4 Å². The van der Waals surface area contributed by atoms with Gasteiger partial charge in [-0.1, -0.05) is 12.1 Å². The minimum Gasteiger partial charge on any atom is -0.397 e. The largest absolute Gasteiger partial charge is 0.397 e. The van der Waals surface area contributed by atoms with Crippen molar-refractivity contribution in [1.82, 2.24) is 0 Å². The number of nitrogen functional groups attached to an aromatic ring is 1. The Hall–Kier alpha value is -1.48. The molecule has 1 unspecified atom stereocenters. The highest BCUT2D eigenvalue weighted by molar-refractivity contribution is 7.10. The van der Waals surface area contributed by atoms with E-state index in [0.717, 1.165) is 11.4 Å². The summed E-state index contributed by atoms with van der Waals surface area (Å²) in [6, 6.07) is 8.75. The van der Waals surface area contributed by atoms with Gasteiger partial charge in [0.1, 0.15) is 0 Å². The van der Waals surface area contributed by atoms with E-state index in [9.17, 15) is 0 Å². The molecule has 1 aromatic carbocycles. The number of hydrogen-bond acceptors (Lipinski definition) is 3. The van der Waals surface area contributed by atoms with Gasteiger partial charge >= 0.3 is 0 Å². The summed E-state index contributed by atoms with van der Waals surface area (Å²) in [4.78, 5) is 1.53. The van der Waals surface area contributed by atoms with Gasteiger partial charge in [0.25, 0.3) is 0 Å². The van der Waals surface area contributed by atoms with Crippen LogP contribution in [0.25, 0.3) is 0 Å². The van der Waals surface area contributed by atoms with Crippen molar-refractivity contribution in [2.45, 2.75) is 32.2 Å². The first-order valence-electron chi connectivity index (χ1n) is 6.43. The Morgan fingerprint density at radius 2 is 2.22 bits per heavy atom. The van der Waals surface area contributed by atoms with Crippen LogP contribution in [0.1, 0.15) is 34.9 Å². The average molecular weight is 258 g/mol. The predicted octanol–water partition coefficient (Wildman–Crippen LogP) is 4.13. The Morgan fingerprint density at radius 1 is 1.33 bits per heavy atom. The van der Waals surface area contributed by atoms with Crippen molar-refractivity contribution in [2.75, 3.05) is 11.1 Å². The summed E-state index contributed by atoms with van der Waals surface area (Å²) in [5.41, 5.74) is 10.7. The molecule has 3 rings (SSSR count). The number of anilines is 2. The van der Waals surface area contributed by atoms with Crippen LogP contribution >= 0.6 is 11.3 Å². The fourth-order valence-corrected chi connectivity index (χ4v) is 3.69. The third-order valence-corrected chi connectivity index (χ3v) is 4.67. The summed E-state index contributed by atoms with van der Waals surface area (Å²) in [5, 5.41) is 5.84. The highest BCUT2D eigenvalue weighted by Crippen LogP contribution is 2.37. The van der Waals surface area contributed by atoms with Crippen LogP contribution in [0, 0.1) is 6.92 Å². The first-order chi connectivity index (χ1) is 8.75. The SMILES string of the molecule is Cc1cccc(N)c1NC1CCCc2sccc21. The molecule has 0 saturated heterocycles. The van der Waals surface area contributed by atoms with Gasteiger partial charge in [-0.05, 0) is 54.8 Å². The fourth-order valence-electron chi connectivity index (χ4n) is 2.70. The van der Waals surface area contributed by atoms with Crippen LogP contribution in [0.15, 0.2) is 29.6 Å². The lowest BCUT2D eigenvalue weighted by atomic mass is 9.93. The first-order valence-corrected chi connectivity index (χ1v) is 7.31. The van der Waals surface area contributed by atoms with Crippen LogP contribution in [-0.4, -0.2) is 0 Å². The number of rotatable bonds is 2. The lowest BCUT2D eigenvalue weighted by Crippen LogP contribution is -2.17. The highest BCUT2D eigenvalue weighted by atomic mass is 32.1. The molecule has 1 aromatic heterocycles. The van der Waals surface area contributed by atoms with Crippen molar-refractivity contribution < 1.29 is 0 Å². The molecule has 1 heterocycles. The van der Waals surface area contributed by atoms with Crippen molar-refractivity contribution in [3.05, 3.63) is 45.6 Å². The van der Waals surface area contributed by atoms with Crippen LogP contribution < -0.4 is 11.1 Å². The molecule has 3 N–H and O–H groups in total. The van der Waals surface area contributed by atoms with E-state index in [0.29, 0.717) is 6.04 Å². The van der Waals surface area contributed by atoms with Gasteiger partial charge in [0.2, 0.25) is 0 Å². The first kappa shape index (κ1) is 11.6. The number of benzene rings is 1. The third kappa shape index (κ3) is 1.99. The minimum atomic E-state index is 0.420. The molecule has 1 aliphatic rings. The number of nitrogens with two attached hydrogens (primary N) is 1.